The van der Waals surface area contributed by atoms with Crippen molar-refractivity contribution in [2.45, 2.75) is 38.3 Å². The molecule has 0 aliphatic rings. The van der Waals surface area contributed by atoms with Gasteiger partial charge in [-0.15, -0.1) is 0 Å². The van der Waals surface area contributed by atoms with E-state index in [1.165, 1.54) is 5.56 Å². The molecule has 1 aromatic rings. The van der Waals surface area contributed by atoms with Crippen LogP contribution < -0.4 is 11.3 Å². The molecule has 3 N–H and O–H groups in total. The van der Waals surface area contributed by atoms with E-state index in [0.29, 0.717) is 0 Å². The average Bonchev–Trinajstić information content (AvgIpc) is 2.37. The monoisotopic (exact) mass is 269 g/mol. The van der Waals surface area contributed by atoms with Crippen LogP contribution in [0.1, 0.15) is 25.8 Å². The predicted molar refractivity (Wildman–Crippen MR) is 78.7 cm³/mol. The highest BCUT2D eigenvalue weighted by atomic mass is 35.5. The van der Waals surface area contributed by atoms with Gasteiger partial charge < -0.3 is 4.90 Å². The number of rotatable bonds is 6. The maximum absolute atomic E-state index is 5.90. The van der Waals surface area contributed by atoms with Crippen LogP contribution in [0.4, 0.5) is 0 Å². The summed E-state index contributed by atoms with van der Waals surface area (Å²) < 4.78 is 0. The first-order chi connectivity index (χ1) is 8.43. The Hall–Kier alpha value is -0.610. The van der Waals surface area contributed by atoms with E-state index in [-0.39, 0.29) is 11.6 Å². The number of nitrogens with zero attached hydrogens (tertiary/aromatic N) is 1. The summed E-state index contributed by atoms with van der Waals surface area (Å²) in [6, 6.07) is 8.14. The minimum atomic E-state index is 0.0222. The number of benzene rings is 1. The van der Waals surface area contributed by atoms with Crippen LogP contribution in [-0.2, 0) is 6.42 Å². The van der Waals surface area contributed by atoms with E-state index >= 15 is 0 Å². The maximum Gasteiger partial charge on any atom is 0.0432 e. The molecule has 0 bridgehead atoms. The standard InChI is InChI=1S/C14H24ClN3/c1-5-14(2,18(3)4)13(17-16)10-11-6-8-12(15)9-7-11/h6-9,13,17H,5,10,16H2,1-4H3. The lowest BCUT2D eigenvalue weighted by Gasteiger charge is -2.42. The molecule has 0 amide bonds. The Morgan fingerprint density at radius 3 is 2.28 bits per heavy atom. The summed E-state index contributed by atoms with van der Waals surface area (Å²) >= 11 is 5.90. The SMILES string of the molecule is CCC(C)(C(Cc1ccc(Cl)cc1)NN)N(C)C. The van der Waals surface area contributed by atoms with E-state index in [4.69, 9.17) is 17.4 Å². The molecule has 0 fully saturated rings. The quantitative estimate of drug-likeness (QED) is 0.616. The van der Waals surface area contributed by atoms with Gasteiger partial charge in [0, 0.05) is 16.6 Å². The van der Waals surface area contributed by atoms with Gasteiger partial charge in [-0.05, 0) is 51.6 Å². The lowest BCUT2D eigenvalue weighted by Crippen LogP contribution is -2.59. The Morgan fingerprint density at radius 1 is 1.33 bits per heavy atom. The molecule has 0 saturated carbocycles. The summed E-state index contributed by atoms with van der Waals surface area (Å²) in [6.07, 6.45) is 1.92. The Morgan fingerprint density at radius 2 is 1.89 bits per heavy atom. The van der Waals surface area contributed by atoms with Crippen LogP contribution in [0, 0.1) is 0 Å². The lowest BCUT2D eigenvalue weighted by atomic mass is 9.84. The minimum Gasteiger partial charge on any atom is -0.302 e. The van der Waals surface area contributed by atoms with Gasteiger partial charge in [0.05, 0.1) is 0 Å². The van der Waals surface area contributed by atoms with E-state index < -0.39 is 0 Å². The van der Waals surface area contributed by atoms with Gasteiger partial charge in [0.25, 0.3) is 0 Å². The molecule has 1 aromatic carbocycles. The summed E-state index contributed by atoms with van der Waals surface area (Å²) in [7, 11) is 4.19. The fourth-order valence-electron chi connectivity index (χ4n) is 2.19. The van der Waals surface area contributed by atoms with Crippen molar-refractivity contribution in [2.24, 2.45) is 5.84 Å². The zero-order chi connectivity index (χ0) is 13.8. The number of hydrazine groups is 1. The van der Waals surface area contributed by atoms with Gasteiger partial charge in [0.1, 0.15) is 0 Å². The normalized spacial score (nSPS) is 16.6. The lowest BCUT2D eigenvalue weighted by molar-refractivity contribution is 0.112. The molecule has 0 aliphatic carbocycles. The molecule has 0 radical (unpaired) electrons. The molecule has 0 aliphatic heterocycles. The molecule has 4 heteroatoms. The molecule has 3 nitrogen and oxygen atoms in total. The molecular formula is C14H24ClN3. The molecule has 18 heavy (non-hydrogen) atoms. The smallest absolute Gasteiger partial charge is 0.0432 e. The van der Waals surface area contributed by atoms with Crippen molar-refractivity contribution in [3.8, 4) is 0 Å². The van der Waals surface area contributed by atoms with Gasteiger partial charge in [-0.3, -0.25) is 11.3 Å². The second-order valence-electron chi connectivity index (χ2n) is 5.15. The van der Waals surface area contributed by atoms with E-state index in [9.17, 15) is 0 Å². The number of halogens is 1. The molecule has 102 valence electrons. The van der Waals surface area contributed by atoms with Gasteiger partial charge in [0.15, 0.2) is 0 Å². The first-order valence-electron chi connectivity index (χ1n) is 6.32. The molecule has 0 aromatic heterocycles. The van der Waals surface area contributed by atoms with Gasteiger partial charge in [-0.2, -0.15) is 0 Å². The second-order valence-corrected chi connectivity index (χ2v) is 5.59. The van der Waals surface area contributed by atoms with E-state index in [2.05, 4.69) is 50.4 Å². The maximum atomic E-state index is 5.90. The fraction of sp³-hybridized carbons (Fsp3) is 0.571. The third-order valence-corrected chi connectivity index (χ3v) is 4.29. The van der Waals surface area contributed by atoms with Crippen LogP contribution in [0.25, 0.3) is 0 Å². The van der Waals surface area contributed by atoms with Crippen molar-refractivity contribution in [1.82, 2.24) is 10.3 Å². The predicted octanol–water partition coefficient (Wildman–Crippen LogP) is 2.44. The Balaban J connectivity index is 2.87. The molecule has 1 rings (SSSR count). The summed E-state index contributed by atoms with van der Waals surface area (Å²) in [5.74, 6) is 5.75. The fourth-order valence-corrected chi connectivity index (χ4v) is 2.31. The second kappa shape index (κ2) is 6.53. The van der Waals surface area contributed by atoms with Crippen molar-refractivity contribution in [3.05, 3.63) is 34.9 Å². The van der Waals surface area contributed by atoms with Crippen molar-refractivity contribution >= 4 is 11.6 Å². The van der Waals surface area contributed by atoms with E-state index in [1.54, 1.807) is 0 Å². The van der Waals surface area contributed by atoms with Crippen molar-refractivity contribution in [2.75, 3.05) is 14.1 Å². The van der Waals surface area contributed by atoms with E-state index in [1.807, 2.05) is 12.1 Å². The first-order valence-corrected chi connectivity index (χ1v) is 6.69. The van der Waals surface area contributed by atoms with Crippen molar-refractivity contribution < 1.29 is 0 Å². The van der Waals surface area contributed by atoms with Gasteiger partial charge in [0.2, 0.25) is 0 Å². The van der Waals surface area contributed by atoms with Crippen molar-refractivity contribution in [3.63, 3.8) is 0 Å². The number of nitrogens with one attached hydrogen (secondary N) is 1. The summed E-state index contributed by atoms with van der Waals surface area (Å²) in [4.78, 5) is 2.23. The molecule has 0 saturated heterocycles. The van der Waals surface area contributed by atoms with Crippen LogP contribution in [-0.4, -0.2) is 30.6 Å². The number of likely N-dealkylation sites (N-methyl/N-ethyl adjacent to an activating group) is 1. The third kappa shape index (κ3) is 3.45. The number of hydrogen-bond donors (Lipinski definition) is 2. The zero-order valence-corrected chi connectivity index (χ0v) is 12.5. The highest BCUT2D eigenvalue weighted by molar-refractivity contribution is 6.30. The molecule has 0 heterocycles. The largest absolute Gasteiger partial charge is 0.302 e. The molecular weight excluding hydrogens is 246 g/mol. The topological polar surface area (TPSA) is 41.3 Å². The molecule has 0 spiro atoms. The average molecular weight is 270 g/mol. The Kier molecular flexibility index (Phi) is 5.60. The number of hydrogen-bond acceptors (Lipinski definition) is 3. The highest BCUT2D eigenvalue weighted by Crippen LogP contribution is 2.24. The van der Waals surface area contributed by atoms with Gasteiger partial charge >= 0.3 is 0 Å². The molecule has 2 atom stereocenters. The van der Waals surface area contributed by atoms with Crippen molar-refractivity contribution in [1.29, 1.82) is 0 Å². The summed E-state index contributed by atoms with van der Waals surface area (Å²) in [5, 5.41) is 0.766. The Bertz CT molecular complexity index is 364. The van der Waals surface area contributed by atoms with Crippen LogP contribution in [0.15, 0.2) is 24.3 Å². The Labute approximate surface area is 115 Å². The summed E-state index contributed by atoms with van der Waals surface area (Å²) in [5.41, 5.74) is 4.23. The number of nitrogens with two attached hydrogens (primary N) is 1. The van der Waals surface area contributed by atoms with Crippen LogP contribution in [0.5, 0.6) is 0 Å². The van der Waals surface area contributed by atoms with Crippen LogP contribution in [0.2, 0.25) is 5.02 Å². The van der Waals surface area contributed by atoms with Gasteiger partial charge in [-0.1, -0.05) is 30.7 Å². The third-order valence-electron chi connectivity index (χ3n) is 4.04. The van der Waals surface area contributed by atoms with Crippen LogP contribution >= 0.6 is 11.6 Å². The van der Waals surface area contributed by atoms with Gasteiger partial charge in [-0.25, -0.2) is 0 Å². The first kappa shape index (κ1) is 15.4. The summed E-state index contributed by atoms with van der Waals surface area (Å²) in [6.45, 7) is 4.42. The zero-order valence-electron chi connectivity index (χ0n) is 11.7. The molecule has 2 unspecified atom stereocenters. The van der Waals surface area contributed by atoms with Crippen LogP contribution in [0.3, 0.4) is 0 Å². The van der Waals surface area contributed by atoms with E-state index in [0.717, 1.165) is 17.9 Å². The highest BCUT2D eigenvalue weighted by Gasteiger charge is 2.33. The minimum absolute atomic E-state index is 0.0222.